The van der Waals surface area contributed by atoms with E-state index in [1.165, 1.54) is 44.1 Å². The third-order valence-electron chi connectivity index (χ3n) is 4.19. The smallest absolute Gasteiger partial charge is 0.226 e. The van der Waals surface area contributed by atoms with Crippen LogP contribution < -0.4 is 5.32 Å². The molecule has 2 heterocycles. The molecule has 0 aliphatic carbocycles. The Labute approximate surface area is 123 Å². The quantitative estimate of drug-likeness (QED) is 0.723. The lowest BCUT2D eigenvalue weighted by molar-refractivity contribution is -0.128. The van der Waals surface area contributed by atoms with Gasteiger partial charge >= 0.3 is 0 Å². The van der Waals surface area contributed by atoms with Gasteiger partial charge in [0.15, 0.2) is 0 Å². The zero-order valence-electron chi connectivity index (χ0n) is 12.7. The number of nitrogens with one attached hydrogen (secondary N) is 1. The van der Waals surface area contributed by atoms with Crippen molar-refractivity contribution in [1.82, 2.24) is 10.2 Å². The molecule has 1 atom stereocenters. The molecule has 1 saturated heterocycles. The Morgan fingerprint density at radius 2 is 2.20 bits per heavy atom. The van der Waals surface area contributed by atoms with Crippen LogP contribution in [0.25, 0.3) is 0 Å². The van der Waals surface area contributed by atoms with Gasteiger partial charge in [-0.25, -0.2) is 0 Å². The van der Waals surface area contributed by atoms with Gasteiger partial charge in [0.2, 0.25) is 5.91 Å². The summed E-state index contributed by atoms with van der Waals surface area (Å²) in [6.07, 6.45) is 15.5. The fourth-order valence-electron chi connectivity index (χ4n) is 2.95. The van der Waals surface area contributed by atoms with Gasteiger partial charge < -0.3 is 10.2 Å². The Kier molecular flexibility index (Phi) is 6.31. The average molecular weight is 276 g/mol. The van der Waals surface area contributed by atoms with Gasteiger partial charge in [-0.1, -0.05) is 44.8 Å². The molecule has 1 N–H and O–H groups in total. The van der Waals surface area contributed by atoms with E-state index in [4.69, 9.17) is 0 Å². The van der Waals surface area contributed by atoms with Crippen LogP contribution in [0.2, 0.25) is 0 Å². The maximum Gasteiger partial charge on any atom is 0.226 e. The SMILES string of the molecule is CCCCCCCC(=O)N1C=C(C2CCCN2)C=CC1. The summed E-state index contributed by atoms with van der Waals surface area (Å²) < 4.78 is 0. The standard InChI is InChI=1S/C17H28N2O/c1-2-3-4-5-6-11-17(20)19-13-8-9-15(14-19)16-10-7-12-18-16/h8-9,14,16,18H,2-7,10-13H2,1H3. The van der Waals surface area contributed by atoms with Gasteiger partial charge in [0, 0.05) is 25.2 Å². The summed E-state index contributed by atoms with van der Waals surface area (Å²) in [6, 6.07) is 0.450. The summed E-state index contributed by atoms with van der Waals surface area (Å²) >= 11 is 0. The minimum absolute atomic E-state index is 0.279. The van der Waals surface area contributed by atoms with Gasteiger partial charge in [-0.15, -0.1) is 0 Å². The number of hydrogen-bond acceptors (Lipinski definition) is 2. The minimum atomic E-state index is 0.279. The summed E-state index contributed by atoms with van der Waals surface area (Å²) in [5.74, 6) is 0.279. The third kappa shape index (κ3) is 4.48. The van der Waals surface area contributed by atoms with Crippen LogP contribution in [-0.2, 0) is 4.79 Å². The van der Waals surface area contributed by atoms with Gasteiger partial charge in [-0.05, 0) is 31.4 Å². The predicted molar refractivity (Wildman–Crippen MR) is 83.3 cm³/mol. The molecule has 112 valence electrons. The fraction of sp³-hybridized carbons (Fsp3) is 0.706. The molecule has 2 aliphatic rings. The third-order valence-corrected chi connectivity index (χ3v) is 4.19. The highest BCUT2D eigenvalue weighted by molar-refractivity contribution is 5.77. The Morgan fingerprint density at radius 3 is 2.95 bits per heavy atom. The number of amides is 1. The second-order valence-electron chi connectivity index (χ2n) is 5.89. The Balaban J connectivity index is 1.76. The molecule has 0 aromatic rings. The number of unbranched alkanes of at least 4 members (excludes halogenated alkanes) is 4. The van der Waals surface area contributed by atoms with Crippen LogP contribution in [0.15, 0.2) is 23.9 Å². The van der Waals surface area contributed by atoms with Crippen molar-refractivity contribution in [2.75, 3.05) is 13.1 Å². The summed E-state index contributed by atoms with van der Waals surface area (Å²) in [7, 11) is 0. The molecule has 0 aromatic heterocycles. The van der Waals surface area contributed by atoms with E-state index >= 15 is 0 Å². The highest BCUT2D eigenvalue weighted by Crippen LogP contribution is 2.19. The van der Waals surface area contributed by atoms with Crippen molar-refractivity contribution in [3.63, 3.8) is 0 Å². The second-order valence-corrected chi connectivity index (χ2v) is 5.89. The highest BCUT2D eigenvalue weighted by Gasteiger charge is 2.21. The van der Waals surface area contributed by atoms with Crippen LogP contribution >= 0.6 is 0 Å². The molecule has 0 aromatic carbocycles. The Hall–Kier alpha value is -1.09. The fourth-order valence-corrected chi connectivity index (χ4v) is 2.95. The van der Waals surface area contributed by atoms with Gasteiger partial charge in [-0.3, -0.25) is 4.79 Å². The van der Waals surface area contributed by atoms with E-state index in [2.05, 4.69) is 30.6 Å². The zero-order valence-corrected chi connectivity index (χ0v) is 12.7. The summed E-state index contributed by atoms with van der Waals surface area (Å²) in [5.41, 5.74) is 1.27. The molecule has 20 heavy (non-hydrogen) atoms. The zero-order chi connectivity index (χ0) is 14.2. The van der Waals surface area contributed by atoms with Crippen molar-refractivity contribution in [2.24, 2.45) is 0 Å². The molecule has 0 radical (unpaired) electrons. The van der Waals surface area contributed by atoms with Crippen LogP contribution in [0.1, 0.15) is 58.3 Å². The summed E-state index contributed by atoms with van der Waals surface area (Å²) in [6.45, 7) is 4.06. The van der Waals surface area contributed by atoms with E-state index < -0.39 is 0 Å². The number of carbonyl (C=O) groups excluding carboxylic acids is 1. The van der Waals surface area contributed by atoms with Gasteiger partial charge in [0.25, 0.3) is 0 Å². The van der Waals surface area contributed by atoms with Crippen molar-refractivity contribution >= 4 is 5.91 Å². The first kappa shape index (κ1) is 15.3. The number of carbonyl (C=O) groups is 1. The maximum atomic E-state index is 12.2. The van der Waals surface area contributed by atoms with E-state index in [1.54, 1.807) is 0 Å². The topological polar surface area (TPSA) is 32.3 Å². The number of nitrogens with zero attached hydrogens (tertiary/aromatic N) is 1. The largest absolute Gasteiger partial charge is 0.315 e. The van der Waals surface area contributed by atoms with E-state index in [1.807, 2.05) is 4.90 Å². The number of rotatable bonds is 7. The lowest BCUT2D eigenvalue weighted by Crippen LogP contribution is -2.31. The highest BCUT2D eigenvalue weighted by atomic mass is 16.2. The molecule has 0 bridgehead atoms. The van der Waals surface area contributed by atoms with Gasteiger partial charge in [0.05, 0.1) is 0 Å². The van der Waals surface area contributed by atoms with Crippen LogP contribution in [0.5, 0.6) is 0 Å². The van der Waals surface area contributed by atoms with Gasteiger partial charge in [-0.2, -0.15) is 0 Å². The second kappa shape index (κ2) is 8.25. The monoisotopic (exact) mass is 276 g/mol. The van der Waals surface area contributed by atoms with Crippen LogP contribution in [0.4, 0.5) is 0 Å². The molecule has 0 saturated carbocycles. The molecule has 1 amide bonds. The Bertz CT molecular complexity index is 367. The number of hydrogen-bond donors (Lipinski definition) is 1. The van der Waals surface area contributed by atoms with Crippen LogP contribution in [0, 0.1) is 0 Å². The lowest BCUT2D eigenvalue weighted by Gasteiger charge is -2.24. The van der Waals surface area contributed by atoms with Crippen LogP contribution in [0.3, 0.4) is 0 Å². The van der Waals surface area contributed by atoms with Gasteiger partial charge in [0.1, 0.15) is 0 Å². The van der Waals surface area contributed by atoms with Crippen LogP contribution in [-0.4, -0.2) is 29.9 Å². The van der Waals surface area contributed by atoms with Crippen molar-refractivity contribution in [1.29, 1.82) is 0 Å². The normalized spacial score (nSPS) is 22.1. The van der Waals surface area contributed by atoms with E-state index in [9.17, 15) is 4.79 Å². The minimum Gasteiger partial charge on any atom is -0.315 e. The molecular weight excluding hydrogens is 248 g/mol. The molecule has 3 heteroatoms. The summed E-state index contributed by atoms with van der Waals surface area (Å²) in [4.78, 5) is 14.1. The van der Waals surface area contributed by atoms with E-state index in [-0.39, 0.29) is 5.91 Å². The van der Waals surface area contributed by atoms with E-state index in [0.29, 0.717) is 12.5 Å². The molecule has 3 nitrogen and oxygen atoms in total. The molecule has 1 fully saturated rings. The van der Waals surface area contributed by atoms with Crippen molar-refractivity contribution in [3.05, 3.63) is 23.9 Å². The first-order valence-corrected chi connectivity index (χ1v) is 8.22. The summed E-state index contributed by atoms with van der Waals surface area (Å²) in [5, 5.41) is 3.49. The maximum absolute atomic E-state index is 12.2. The first-order chi connectivity index (χ1) is 9.81. The average Bonchev–Trinajstić information content (AvgIpc) is 3.01. The lowest BCUT2D eigenvalue weighted by atomic mass is 10.0. The molecule has 2 aliphatic heterocycles. The first-order valence-electron chi connectivity index (χ1n) is 8.22. The molecule has 2 rings (SSSR count). The Morgan fingerprint density at radius 1 is 1.35 bits per heavy atom. The van der Waals surface area contributed by atoms with Crippen molar-refractivity contribution in [3.8, 4) is 0 Å². The van der Waals surface area contributed by atoms with Crippen molar-refractivity contribution in [2.45, 2.75) is 64.3 Å². The molecule has 0 spiro atoms. The molecular formula is C17H28N2O. The predicted octanol–water partition coefficient (Wildman–Crippen LogP) is 3.38. The molecule has 1 unspecified atom stereocenters. The van der Waals surface area contributed by atoms with E-state index in [0.717, 1.165) is 19.5 Å². The van der Waals surface area contributed by atoms with Crippen molar-refractivity contribution < 1.29 is 4.79 Å².